The van der Waals surface area contributed by atoms with Crippen LogP contribution in [0.25, 0.3) is 0 Å². The molecule has 1 aromatic rings. The van der Waals surface area contributed by atoms with Crippen molar-refractivity contribution in [3.8, 4) is 11.5 Å². The Morgan fingerprint density at radius 2 is 1.73 bits per heavy atom. The number of carbonyl (C=O) groups is 1. The quantitative estimate of drug-likeness (QED) is 0.818. The van der Waals surface area contributed by atoms with E-state index in [2.05, 4.69) is 5.32 Å². The summed E-state index contributed by atoms with van der Waals surface area (Å²) < 4.78 is 10.3. The topological polar surface area (TPSA) is 47.6 Å². The maximum Gasteiger partial charge on any atom is 0.251 e. The highest BCUT2D eigenvalue weighted by Crippen LogP contribution is 2.30. The molecule has 0 saturated heterocycles. The summed E-state index contributed by atoms with van der Waals surface area (Å²) in [5, 5.41) is 2.58. The predicted octanol–water partition coefficient (Wildman–Crippen LogP) is 1.37. The van der Waals surface area contributed by atoms with Crippen LogP contribution in [0.15, 0.2) is 12.1 Å². The Morgan fingerprint density at radius 1 is 1.20 bits per heavy atom. The third-order valence-corrected chi connectivity index (χ3v) is 2.20. The Bertz CT molecular complexity index is 374. The molecule has 1 N–H and O–H groups in total. The van der Waals surface area contributed by atoms with Gasteiger partial charge in [-0.1, -0.05) is 0 Å². The number of ether oxygens (including phenoxy) is 2. The van der Waals surface area contributed by atoms with Crippen molar-refractivity contribution in [1.82, 2.24) is 5.32 Å². The van der Waals surface area contributed by atoms with Crippen LogP contribution >= 0.6 is 0 Å². The molecule has 0 aliphatic heterocycles. The maximum atomic E-state index is 11.5. The number of hydrogen-bond acceptors (Lipinski definition) is 3. The monoisotopic (exact) mass is 209 g/mol. The fourth-order valence-electron chi connectivity index (χ4n) is 1.36. The molecule has 1 rings (SSSR count). The minimum Gasteiger partial charge on any atom is -0.493 e. The van der Waals surface area contributed by atoms with E-state index in [1.54, 1.807) is 33.4 Å². The molecule has 0 aliphatic carbocycles. The standard InChI is InChI=1S/C11H15NO3/c1-7-5-9(14-3)10(15-4)6-8(7)11(13)12-2/h5-6H,1-4H3,(H,12,13). The summed E-state index contributed by atoms with van der Waals surface area (Å²) in [4.78, 5) is 11.5. The molecule has 0 radical (unpaired) electrons. The fourth-order valence-corrected chi connectivity index (χ4v) is 1.36. The van der Waals surface area contributed by atoms with Gasteiger partial charge in [0.1, 0.15) is 0 Å². The Labute approximate surface area is 89.2 Å². The van der Waals surface area contributed by atoms with E-state index in [4.69, 9.17) is 9.47 Å². The van der Waals surface area contributed by atoms with Gasteiger partial charge < -0.3 is 14.8 Å². The SMILES string of the molecule is CNC(=O)c1cc(OC)c(OC)cc1C. The average Bonchev–Trinajstić information content (AvgIpc) is 2.27. The van der Waals surface area contributed by atoms with Gasteiger partial charge in [0.25, 0.3) is 5.91 Å². The first kappa shape index (κ1) is 11.4. The molecule has 0 saturated carbocycles. The lowest BCUT2D eigenvalue weighted by atomic mass is 10.1. The lowest BCUT2D eigenvalue weighted by Crippen LogP contribution is -2.19. The molecule has 0 aromatic heterocycles. The summed E-state index contributed by atoms with van der Waals surface area (Å²) in [6, 6.07) is 3.45. The van der Waals surface area contributed by atoms with Crippen molar-refractivity contribution in [3.05, 3.63) is 23.3 Å². The third-order valence-electron chi connectivity index (χ3n) is 2.20. The first-order chi connectivity index (χ1) is 7.13. The van der Waals surface area contributed by atoms with Crippen LogP contribution in [0.5, 0.6) is 11.5 Å². The molecule has 82 valence electrons. The van der Waals surface area contributed by atoms with E-state index in [0.29, 0.717) is 17.1 Å². The van der Waals surface area contributed by atoms with E-state index in [0.717, 1.165) is 5.56 Å². The smallest absolute Gasteiger partial charge is 0.251 e. The summed E-state index contributed by atoms with van der Waals surface area (Å²) in [5.41, 5.74) is 1.45. The first-order valence-corrected chi connectivity index (χ1v) is 4.58. The normalized spacial score (nSPS) is 9.60. The Hall–Kier alpha value is -1.71. The van der Waals surface area contributed by atoms with E-state index in [1.165, 1.54) is 0 Å². The lowest BCUT2D eigenvalue weighted by Gasteiger charge is -2.11. The van der Waals surface area contributed by atoms with Gasteiger partial charge in [-0.05, 0) is 24.6 Å². The minimum atomic E-state index is -0.131. The van der Waals surface area contributed by atoms with Gasteiger partial charge in [0.05, 0.1) is 14.2 Å². The number of nitrogens with one attached hydrogen (secondary N) is 1. The highest BCUT2D eigenvalue weighted by molar-refractivity contribution is 5.96. The van der Waals surface area contributed by atoms with Crippen LogP contribution < -0.4 is 14.8 Å². The summed E-state index contributed by atoms with van der Waals surface area (Å²) in [5.74, 6) is 1.05. The van der Waals surface area contributed by atoms with Crippen molar-refractivity contribution in [2.75, 3.05) is 21.3 Å². The largest absolute Gasteiger partial charge is 0.493 e. The van der Waals surface area contributed by atoms with Gasteiger partial charge in [0.15, 0.2) is 11.5 Å². The molecule has 1 aromatic carbocycles. The molecule has 4 heteroatoms. The van der Waals surface area contributed by atoms with Crippen LogP contribution in [0.1, 0.15) is 15.9 Å². The zero-order valence-corrected chi connectivity index (χ0v) is 9.38. The van der Waals surface area contributed by atoms with Gasteiger partial charge in [-0.15, -0.1) is 0 Å². The number of aryl methyl sites for hydroxylation is 1. The number of rotatable bonds is 3. The first-order valence-electron chi connectivity index (χ1n) is 4.58. The van der Waals surface area contributed by atoms with Crippen LogP contribution in [-0.4, -0.2) is 27.2 Å². The van der Waals surface area contributed by atoms with Crippen LogP contribution in [0.2, 0.25) is 0 Å². The number of carbonyl (C=O) groups excluding carboxylic acids is 1. The highest BCUT2D eigenvalue weighted by atomic mass is 16.5. The zero-order chi connectivity index (χ0) is 11.4. The maximum absolute atomic E-state index is 11.5. The summed E-state index contributed by atoms with van der Waals surface area (Å²) in [7, 11) is 4.70. The fraction of sp³-hybridized carbons (Fsp3) is 0.364. The van der Waals surface area contributed by atoms with Gasteiger partial charge in [-0.3, -0.25) is 4.79 Å². The Balaban J connectivity index is 3.25. The molecule has 0 heterocycles. The molecule has 0 bridgehead atoms. The van der Waals surface area contributed by atoms with Gasteiger partial charge in [-0.2, -0.15) is 0 Å². The molecule has 1 amide bonds. The molecule has 0 fully saturated rings. The minimum absolute atomic E-state index is 0.131. The van der Waals surface area contributed by atoms with Crippen LogP contribution in [0.4, 0.5) is 0 Å². The van der Waals surface area contributed by atoms with E-state index in [-0.39, 0.29) is 5.91 Å². The van der Waals surface area contributed by atoms with Gasteiger partial charge >= 0.3 is 0 Å². The van der Waals surface area contributed by atoms with Crippen molar-refractivity contribution in [2.45, 2.75) is 6.92 Å². The zero-order valence-electron chi connectivity index (χ0n) is 9.38. The molecular weight excluding hydrogens is 194 g/mol. The number of amides is 1. The Morgan fingerprint density at radius 3 is 2.20 bits per heavy atom. The Kier molecular flexibility index (Phi) is 3.55. The second-order valence-corrected chi connectivity index (χ2v) is 3.10. The van der Waals surface area contributed by atoms with E-state index < -0.39 is 0 Å². The molecular formula is C11H15NO3. The molecule has 15 heavy (non-hydrogen) atoms. The van der Waals surface area contributed by atoms with Crippen molar-refractivity contribution in [2.24, 2.45) is 0 Å². The highest BCUT2D eigenvalue weighted by Gasteiger charge is 2.12. The van der Waals surface area contributed by atoms with Crippen LogP contribution in [-0.2, 0) is 0 Å². The third kappa shape index (κ3) is 2.21. The average molecular weight is 209 g/mol. The number of benzene rings is 1. The van der Waals surface area contributed by atoms with Crippen molar-refractivity contribution < 1.29 is 14.3 Å². The predicted molar refractivity (Wildman–Crippen MR) is 57.7 cm³/mol. The van der Waals surface area contributed by atoms with Gasteiger partial charge in [0, 0.05) is 12.6 Å². The summed E-state index contributed by atoms with van der Waals surface area (Å²) in [6.45, 7) is 1.85. The second-order valence-electron chi connectivity index (χ2n) is 3.10. The summed E-state index contributed by atoms with van der Waals surface area (Å²) in [6.07, 6.45) is 0. The van der Waals surface area contributed by atoms with Crippen molar-refractivity contribution in [1.29, 1.82) is 0 Å². The van der Waals surface area contributed by atoms with Gasteiger partial charge in [0.2, 0.25) is 0 Å². The summed E-state index contributed by atoms with van der Waals surface area (Å²) >= 11 is 0. The molecule has 0 unspecified atom stereocenters. The van der Waals surface area contributed by atoms with Crippen molar-refractivity contribution >= 4 is 5.91 Å². The van der Waals surface area contributed by atoms with Crippen LogP contribution in [0.3, 0.4) is 0 Å². The van der Waals surface area contributed by atoms with E-state index >= 15 is 0 Å². The molecule has 0 aliphatic rings. The van der Waals surface area contributed by atoms with Gasteiger partial charge in [-0.25, -0.2) is 0 Å². The van der Waals surface area contributed by atoms with Crippen molar-refractivity contribution in [3.63, 3.8) is 0 Å². The van der Waals surface area contributed by atoms with E-state index in [1.807, 2.05) is 6.92 Å². The number of hydrogen-bond donors (Lipinski definition) is 1. The molecule has 0 atom stereocenters. The lowest BCUT2D eigenvalue weighted by molar-refractivity contribution is 0.0962. The molecule has 0 spiro atoms. The second kappa shape index (κ2) is 4.68. The number of methoxy groups -OCH3 is 2. The van der Waals surface area contributed by atoms with E-state index in [9.17, 15) is 4.79 Å². The molecule has 4 nitrogen and oxygen atoms in total. The van der Waals surface area contributed by atoms with Crippen LogP contribution in [0, 0.1) is 6.92 Å².